The quantitative estimate of drug-likeness (QED) is 0.575. The minimum Gasteiger partial charge on any atom is -0.207 e. The molecule has 0 atom stereocenters. The van der Waals surface area contributed by atoms with Crippen LogP contribution in [0.4, 0.5) is 4.39 Å². The normalized spacial score (nSPS) is 20.3. The molecule has 2 aromatic rings. The van der Waals surface area contributed by atoms with Gasteiger partial charge in [-0.1, -0.05) is 74.4 Å². The van der Waals surface area contributed by atoms with E-state index in [-0.39, 0.29) is 5.82 Å². The van der Waals surface area contributed by atoms with E-state index in [4.69, 9.17) is 0 Å². The first-order chi connectivity index (χ1) is 11.1. The molecule has 0 spiro atoms. The molecule has 122 valence electrons. The first-order valence-electron chi connectivity index (χ1n) is 8.53. The summed E-state index contributed by atoms with van der Waals surface area (Å²) in [6.07, 6.45) is 7.03. The number of hydrogen-bond donors (Lipinski definition) is 0. The molecule has 1 aliphatic carbocycles. The van der Waals surface area contributed by atoms with E-state index in [9.17, 15) is 4.39 Å². The van der Waals surface area contributed by atoms with Crippen LogP contribution in [0.2, 0.25) is 0 Å². The molecule has 3 rings (SSSR count). The van der Waals surface area contributed by atoms with Gasteiger partial charge in [0, 0.05) is 0 Å². The summed E-state index contributed by atoms with van der Waals surface area (Å²) in [5, 5.41) is 0. The van der Waals surface area contributed by atoms with E-state index in [0.717, 1.165) is 5.92 Å². The second-order valence-corrected chi connectivity index (χ2v) is 6.62. The molecule has 0 heterocycles. The standard InChI is InChI=1S/C13H17F.C9H10/c1-10-2-4-11(5-3-10)12-6-8-13(14)9-7-12;1-3-9-6-4-8(2)5-7-9/h6-11H,2-5H2,1H3;3-7H,1H2,2H3. The van der Waals surface area contributed by atoms with E-state index < -0.39 is 0 Å². The summed E-state index contributed by atoms with van der Waals surface area (Å²) >= 11 is 0. The molecule has 0 aliphatic heterocycles. The highest BCUT2D eigenvalue weighted by molar-refractivity contribution is 5.46. The highest BCUT2D eigenvalue weighted by Crippen LogP contribution is 2.35. The minimum atomic E-state index is -0.127. The van der Waals surface area contributed by atoms with Crippen molar-refractivity contribution in [1.82, 2.24) is 0 Å². The van der Waals surface area contributed by atoms with Crippen molar-refractivity contribution < 1.29 is 4.39 Å². The van der Waals surface area contributed by atoms with Gasteiger partial charge in [-0.2, -0.15) is 0 Å². The fraction of sp³-hybridized carbons (Fsp3) is 0.364. The second-order valence-electron chi connectivity index (χ2n) is 6.62. The third-order valence-corrected chi connectivity index (χ3v) is 4.67. The lowest BCUT2D eigenvalue weighted by Gasteiger charge is -2.26. The highest BCUT2D eigenvalue weighted by atomic mass is 19.1. The van der Waals surface area contributed by atoms with Gasteiger partial charge in [0.1, 0.15) is 5.82 Å². The maximum absolute atomic E-state index is 12.7. The molecule has 0 saturated heterocycles. The van der Waals surface area contributed by atoms with E-state index in [1.807, 2.05) is 18.2 Å². The molecular weight excluding hydrogens is 283 g/mol. The molecule has 0 nitrogen and oxygen atoms in total. The molecule has 1 fully saturated rings. The summed E-state index contributed by atoms with van der Waals surface area (Å²) in [5.41, 5.74) is 3.79. The predicted octanol–water partition coefficient (Wildman–Crippen LogP) is 6.76. The van der Waals surface area contributed by atoms with Gasteiger partial charge < -0.3 is 0 Å². The van der Waals surface area contributed by atoms with Crippen molar-refractivity contribution in [2.75, 3.05) is 0 Å². The molecule has 0 N–H and O–H groups in total. The zero-order valence-electron chi connectivity index (χ0n) is 14.3. The fourth-order valence-electron chi connectivity index (χ4n) is 3.03. The van der Waals surface area contributed by atoms with Gasteiger partial charge in [0.05, 0.1) is 0 Å². The first kappa shape index (κ1) is 17.5. The minimum absolute atomic E-state index is 0.127. The van der Waals surface area contributed by atoms with Crippen LogP contribution in [0.25, 0.3) is 6.08 Å². The molecule has 1 aliphatic rings. The molecule has 1 heteroatoms. The maximum Gasteiger partial charge on any atom is 0.123 e. The number of halogens is 1. The molecule has 23 heavy (non-hydrogen) atoms. The largest absolute Gasteiger partial charge is 0.207 e. The van der Waals surface area contributed by atoms with Crippen molar-refractivity contribution in [2.24, 2.45) is 5.92 Å². The molecule has 2 aromatic carbocycles. The fourth-order valence-corrected chi connectivity index (χ4v) is 3.03. The van der Waals surface area contributed by atoms with Gasteiger partial charge in [0.15, 0.2) is 0 Å². The Kier molecular flexibility index (Phi) is 6.58. The summed E-state index contributed by atoms with van der Waals surface area (Å²) in [5.74, 6) is 1.43. The zero-order chi connectivity index (χ0) is 16.7. The lowest BCUT2D eigenvalue weighted by Crippen LogP contribution is -2.10. The van der Waals surface area contributed by atoms with Gasteiger partial charge in [-0.25, -0.2) is 4.39 Å². The van der Waals surface area contributed by atoms with Crippen molar-refractivity contribution in [3.8, 4) is 0 Å². The lowest BCUT2D eigenvalue weighted by atomic mass is 9.79. The van der Waals surface area contributed by atoms with Crippen LogP contribution >= 0.6 is 0 Å². The summed E-state index contributed by atoms with van der Waals surface area (Å²) < 4.78 is 12.7. The van der Waals surface area contributed by atoms with Crippen LogP contribution < -0.4 is 0 Å². The highest BCUT2D eigenvalue weighted by Gasteiger charge is 2.19. The predicted molar refractivity (Wildman–Crippen MR) is 98.0 cm³/mol. The SMILES string of the molecule is C=Cc1ccc(C)cc1.CC1CCC(c2ccc(F)cc2)CC1. The topological polar surface area (TPSA) is 0 Å². The summed E-state index contributed by atoms with van der Waals surface area (Å²) in [4.78, 5) is 0. The lowest BCUT2D eigenvalue weighted by molar-refractivity contribution is 0.348. The Bertz CT molecular complexity index is 587. The Morgan fingerprint density at radius 2 is 1.48 bits per heavy atom. The number of aryl methyl sites for hydroxylation is 1. The van der Waals surface area contributed by atoms with Crippen LogP contribution in [0.3, 0.4) is 0 Å². The molecule has 0 aromatic heterocycles. The van der Waals surface area contributed by atoms with Gasteiger partial charge in [-0.15, -0.1) is 0 Å². The van der Waals surface area contributed by atoms with Crippen LogP contribution in [-0.2, 0) is 0 Å². The number of hydrogen-bond acceptors (Lipinski definition) is 0. The Morgan fingerprint density at radius 1 is 0.913 bits per heavy atom. The third-order valence-electron chi connectivity index (χ3n) is 4.67. The van der Waals surface area contributed by atoms with Gasteiger partial charge in [0.2, 0.25) is 0 Å². The maximum atomic E-state index is 12.7. The third kappa shape index (κ3) is 5.67. The smallest absolute Gasteiger partial charge is 0.123 e. The number of rotatable bonds is 2. The van der Waals surface area contributed by atoms with E-state index in [1.54, 1.807) is 12.1 Å². The van der Waals surface area contributed by atoms with Crippen LogP contribution in [-0.4, -0.2) is 0 Å². The zero-order valence-corrected chi connectivity index (χ0v) is 14.3. The Morgan fingerprint density at radius 3 is 2.00 bits per heavy atom. The van der Waals surface area contributed by atoms with Crippen molar-refractivity contribution in [1.29, 1.82) is 0 Å². The molecule has 0 unspecified atom stereocenters. The number of benzene rings is 2. The Hall–Kier alpha value is -1.89. The average molecular weight is 310 g/mol. The van der Waals surface area contributed by atoms with Crippen LogP contribution in [0.5, 0.6) is 0 Å². The molecule has 1 saturated carbocycles. The summed E-state index contributed by atoms with van der Waals surface area (Å²) in [7, 11) is 0. The summed E-state index contributed by atoms with van der Waals surface area (Å²) in [6.45, 7) is 8.06. The van der Waals surface area contributed by atoms with E-state index in [2.05, 4.69) is 44.7 Å². The van der Waals surface area contributed by atoms with Gasteiger partial charge in [0.25, 0.3) is 0 Å². The molecule has 0 amide bonds. The molecule has 0 bridgehead atoms. The Labute approximate surface area is 140 Å². The van der Waals surface area contributed by atoms with Crippen LogP contribution in [0.1, 0.15) is 55.2 Å². The Balaban J connectivity index is 0.000000185. The van der Waals surface area contributed by atoms with E-state index in [0.29, 0.717) is 5.92 Å². The van der Waals surface area contributed by atoms with Crippen LogP contribution in [0.15, 0.2) is 55.1 Å². The van der Waals surface area contributed by atoms with Gasteiger partial charge in [-0.05, 0) is 54.9 Å². The van der Waals surface area contributed by atoms with Crippen molar-refractivity contribution in [3.63, 3.8) is 0 Å². The van der Waals surface area contributed by atoms with Gasteiger partial charge in [-0.3, -0.25) is 0 Å². The first-order valence-corrected chi connectivity index (χ1v) is 8.53. The van der Waals surface area contributed by atoms with Crippen molar-refractivity contribution >= 4 is 6.08 Å². The van der Waals surface area contributed by atoms with Crippen molar-refractivity contribution in [3.05, 3.63) is 77.6 Å². The van der Waals surface area contributed by atoms with E-state index in [1.165, 1.54) is 42.4 Å². The average Bonchev–Trinajstić information content (AvgIpc) is 2.58. The monoisotopic (exact) mass is 310 g/mol. The van der Waals surface area contributed by atoms with Gasteiger partial charge >= 0.3 is 0 Å². The van der Waals surface area contributed by atoms with E-state index >= 15 is 0 Å². The molecule has 0 radical (unpaired) electrons. The second kappa shape index (κ2) is 8.67. The molecular formula is C22H27F. The van der Waals surface area contributed by atoms with Crippen LogP contribution in [0, 0.1) is 18.7 Å². The summed E-state index contributed by atoms with van der Waals surface area (Å²) in [6, 6.07) is 15.3. The van der Waals surface area contributed by atoms with Crippen molar-refractivity contribution in [2.45, 2.75) is 45.4 Å².